The first-order valence-electron chi connectivity index (χ1n) is 29.5. The average Bonchev–Trinajstić information content (AvgIpc) is 1.71. The van der Waals surface area contributed by atoms with Crippen LogP contribution in [-0.2, 0) is 77.3 Å². The van der Waals surface area contributed by atoms with Gasteiger partial charge in [0.1, 0.15) is 40.8 Å². The molecule has 498 valence electrons. The quantitative estimate of drug-likeness (QED) is 0.121. The first kappa shape index (κ1) is 66.2. The molecule has 11 amide bonds. The van der Waals surface area contributed by atoms with Crippen molar-refractivity contribution in [2.75, 3.05) is 55.6 Å². The smallest absolute Gasteiger partial charge is 0.407 e. The minimum absolute atomic E-state index is 0.0349. The number of nitrogens with one attached hydrogen (secondary N) is 11. The SMILES string of the molecule is Cn1cc2cc1C(=O)NC[C@H](N)CC(=O)Nc1cn(C)c(n1)C(=O)Nc1cc(n(C)c1)C(=O)Nc1cc(n(C)c1)C(=O)Nc1cc(n(C)c1)C(=O)NC[C@H](NC(=O)OCc1ccccc1)CC(=O)Nc1cn(C)c(n1)C(=O)Nc1cc(n(C)c1)C(=O)Nc1cc(n(C)c1)C(=O)N2. The topological polar surface area (TPSA) is 421 Å². The Morgan fingerprint density at radius 1 is 0.427 bits per heavy atom. The third-order valence-electron chi connectivity index (χ3n) is 15.1. The van der Waals surface area contributed by atoms with E-state index < -0.39 is 83.7 Å². The summed E-state index contributed by atoms with van der Waals surface area (Å²) < 4.78 is 17.0. The van der Waals surface area contributed by atoms with Crippen LogP contribution < -0.4 is 64.2 Å². The Bertz CT molecular complexity index is 4570. The number of aryl methyl sites for hydroxylation is 8. The van der Waals surface area contributed by atoms with Crippen molar-refractivity contribution in [3.05, 3.63) is 168 Å². The fourth-order valence-electron chi connectivity index (χ4n) is 10.4. The fourth-order valence-corrected chi connectivity index (χ4v) is 10.4. The van der Waals surface area contributed by atoms with Crippen LogP contribution in [0.15, 0.2) is 116 Å². The number of anilines is 8. The van der Waals surface area contributed by atoms with Crippen LogP contribution in [0.5, 0.6) is 0 Å². The first-order valence-corrected chi connectivity index (χ1v) is 29.5. The number of alkyl carbamates (subject to hydrolysis) is 1. The van der Waals surface area contributed by atoms with Crippen molar-refractivity contribution in [3.8, 4) is 0 Å². The molecule has 8 aromatic heterocycles. The number of ether oxygens (including phenoxy) is 1. The van der Waals surface area contributed by atoms with Gasteiger partial charge in [-0.3, -0.25) is 47.9 Å². The molecular formula is C62H68N22O12. The Morgan fingerprint density at radius 2 is 0.750 bits per heavy atom. The van der Waals surface area contributed by atoms with Crippen LogP contribution in [0.25, 0.3) is 0 Å². The third kappa shape index (κ3) is 15.8. The molecule has 2 atom stereocenters. The fraction of sp³-hybridized carbons (Fsp3) is 0.242. The lowest BCUT2D eigenvalue weighted by Crippen LogP contribution is -2.45. The normalized spacial score (nSPS) is 16.1. The molecule has 9 aromatic rings. The van der Waals surface area contributed by atoms with E-state index in [1.54, 1.807) is 79.7 Å². The van der Waals surface area contributed by atoms with Crippen LogP contribution in [0, 0.1) is 0 Å². The van der Waals surface area contributed by atoms with Gasteiger partial charge in [0.15, 0.2) is 11.6 Å². The monoisotopic (exact) mass is 1310 g/mol. The molecule has 16 bridgehead atoms. The minimum Gasteiger partial charge on any atom is -0.445 e. The van der Waals surface area contributed by atoms with E-state index in [1.165, 1.54) is 130 Å². The van der Waals surface area contributed by atoms with E-state index in [9.17, 15) is 52.7 Å². The predicted octanol–water partition coefficient (Wildman–Crippen LogP) is 3.15. The van der Waals surface area contributed by atoms with E-state index >= 15 is 0 Å². The first-order chi connectivity index (χ1) is 45.7. The summed E-state index contributed by atoms with van der Waals surface area (Å²) in [6, 6.07) is 15.5. The van der Waals surface area contributed by atoms with Gasteiger partial charge < -0.3 is 105 Å². The number of aromatic nitrogens is 10. The number of nitrogens with zero attached hydrogens (tertiary/aromatic N) is 10. The van der Waals surface area contributed by atoms with E-state index in [0.717, 1.165) is 0 Å². The van der Waals surface area contributed by atoms with E-state index in [2.05, 4.69) is 68.5 Å². The van der Waals surface area contributed by atoms with Crippen LogP contribution in [0.4, 0.5) is 50.6 Å². The number of amides is 11. The van der Waals surface area contributed by atoms with Gasteiger partial charge in [-0.05, 0) is 42.0 Å². The predicted molar refractivity (Wildman–Crippen MR) is 349 cm³/mol. The zero-order valence-corrected chi connectivity index (χ0v) is 53.1. The summed E-state index contributed by atoms with van der Waals surface area (Å²) in [6.07, 6.45) is 10.3. The summed E-state index contributed by atoms with van der Waals surface area (Å²) in [5, 5.41) is 29.7. The molecule has 0 unspecified atom stereocenters. The molecule has 0 radical (unpaired) electrons. The summed E-state index contributed by atoms with van der Waals surface area (Å²) in [5.41, 5.74) is 9.11. The van der Waals surface area contributed by atoms with Gasteiger partial charge in [-0.15, -0.1) is 0 Å². The highest BCUT2D eigenvalue weighted by molar-refractivity contribution is 6.10. The second-order valence-electron chi connectivity index (χ2n) is 22.8. The summed E-state index contributed by atoms with van der Waals surface area (Å²) >= 11 is 0. The largest absolute Gasteiger partial charge is 0.445 e. The maximum atomic E-state index is 13.8. The summed E-state index contributed by atoms with van der Waals surface area (Å²) in [6.45, 7) is -0.523. The highest BCUT2D eigenvalue weighted by Gasteiger charge is 2.27. The number of hydrogen-bond acceptors (Lipinski definition) is 15. The molecule has 34 nitrogen and oxygen atoms in total. The lowest BCUT2D eigenvalue weighted by molar-refractivity contribution is -0.117. The molecular weight excluding hydrogens is 1240 g/mol. The highest BCUT2D eigenvalue weighted by atomic mass is 16.5. The van der Waals surface area contributed by atoms with Crippen molar-refractivity contribution in [3.63, 3.8) is 0 Å². The molecule has 0 fully saturated rings. The Kier molecular flexibility index (Phi) is 19.3. The van der Waals surface area contributed by atoms with Crippen LogP contribution >= 0.6 is 0 Å². The van der Waals surface area contributed by atoms with Crippen molar-refractivity contribution >= 4 is 111 Å². The van der Waals surface area contributed by atoms with Gasteiger partial charge in [-0.1, -0.05) is 30.3 Å². The molecule has 0 saturated heterocycles. The maximum absolute atomic E-state index is 13.8. The van der Waals surface area contributed by atoms with Gasteiger partial charge in [0.05, 0.1) is 40.2 Å². The number of hydrogen-bond donors (Lipinski definition) is 12. The number of nitrogens with two attached hydrogens (primary N) is 1. The number of rotatable bonds is 3. The van der Waals surface area contributed by atoms with E-state index in [-0.39, 0.29) is 118 Å². The van der Waals surface area contributed by atoms with Crippen molar-refractivity contribution in [1.82, 2.24) is 62.5 Å². The second-order valence-corrected chi connectivity index (χ2v) is 22.8. The van der Waals surface area contributed by atoms with E-state index in [0.29, 0.717) is 5.56 Å². The Labute approximate surface area is 545 Å². The van der Waals surface area contributed by atoms with Crippen LogP contribution in [0.2, 0.25) is 0 Å². The standard InChI is InChI=1S/C62H68N22O12/c1-77-24-36-15-42(77)54(87)64-22-34(63)14-50(85)73-48-30-83(7)52(75-48)60(93)70-40-19-46(81(5)28-40)58(91)69-39-18-45(80(4)27-39)57(90)67-37-16-43(78(2)25-37)55(88)65-23-35(72-62(95)96-32-33-12-10-9-11-13-33)21-51(86)74-49-31-84(8)53(76-49)61(94)71-41-20-47(82(6)29-41)59(92)68-38-17-44(56(89)66-36)79(3)26-38/h9-13,15-20,24-31,34-35H,14,21-23,32,63H2,1-8H3,(H,64,87)(H,65,88)(H,66,89)(H,67,90)(H,68,92)(H,69,91)(H,70,93)(H,71,94)(H,72,95)(H,73,85)(H,74,86)/t34-,35-/m1/s1. The number of carbonyl (C=O) groups is 11. The molecule has 1 aliphatic heterocycles. The number of benzene rings is 1. The summed E-state index contributed by atoms with van der Waals surface area (Å²) in [4.78, 5) is 158. The molecule has 0 aliphatic carbocycles. The molecule has 1 aliphatic rings. The minimum atomic E-state index is -1.07. The Balaban J connectivity index is 0.854. The van der Waals surface area contributed by atoms with Crippen LogP contribution in [0.3, 0.4) is 0 Å². The molecule has 9 heterocycles. The molecule has 0 spiro atoms. The van der Waals surface area contributed by atoms with Crippen LogP contribution in [0.1, 0.15) is 103 Å². The summed E-state index contributed by atoms with van der Waals surface area (Å²) in [7, 11) is 12.6. The zero-order valence-electron chi connectivity index (χ0n) is 53.1. The zero-order chi connectivity index (χ0) is 68.8. The lowest BCUT2D eigenvalue weighted by atomic mass is 10.2. The maximum Gasteiger partial charge on any atom is 0.407 e. The molecule has 1 aromatic carbocycles. The van der Waals surface area contributed by atoms with Crippen molar-refractivity contribution in [2.24, 2.45) is 62.1 Å². The molecule has 96 heavy (non-hydrogen) atoms. The average molecular weight is 1310 g/mol. The molecule has 34 heteroatoms. The second kappa shape index (κ2) is 28.0. The van der Waals surface area contributed by atoms with Gasteiger partial charge in [0, 0.05) is 138 Å². The third-order valence-corrected chi connectivity index (χ3v) is 15.1. The van der Waals surface area contributed by atoms with E-state index in [1.807, 2.05) is 0 Å². The van der Waals surface area contributed by atoms with Crippen LogP contribution in [-0.4, -0.2) is 137 Å². The van der Waals surface area contributed by atoms with Gasteiger partial charge >= 0.3 is 6.09 Å². The Morgan fingerprint density at radius 3 is 1.11 bits per heavy atom. The van der Waals surface area contributed by atoms with E-state index in [4.69, 9.17) is 10.5 Å². The van der Waals surface area contributed by atoms with Gasteiger partial charge in [-0.25, -0.2) is 14.8 Å². The Hall–Kier alpha value is -12.8. The van der Waals surface area contributed by atoms with Crippen molar-refractivity contribution in [2.45, 2.75) is 31.5 Å². The molecule has 10 rings (SSSR count). The van der Waals surface area contributed by atoms with Gasteiger partial charge in [-0.2, -0.15) is 0 Å². The molecule has 13 N–H and O–H groups in total. The lowest BCUT2D eigenvalue weighted by Gasteiger charge is -2.19. The number of imidazole rings is 2. The van der Waals surface area contributed by atoms with Crippen molar-refractivity contribution in [1.29, 1.82) is 0 Å². The van der Waals surface area contributed by atoms with Gasteiger partial charge in [0.25, 0.3) is 47.3 Å². The van der Waals surface area contributed by atoms with Gasteiger partial charge in [0.2, 0.25) is 23.5 Å². The summed E-state index contributed by atoms with van der Waals surface area (Å²) in [5.74, 6) is -6.40. The number of fused-ring (bicyclic) bond motifs is 16. The number of carbonyl (C=O) groups excluding carboxylic acids is 11. The van der Waals surface area contributed by atoms with Crippen molar-refractivity contribution < 1.29 is 57.5 Å². The molecule has 0 saturated carbocycles. The highest BCUT2D eigenvalue weighted by Crippen LogP contribution is 2.24.